The van der Waals surface area contributed by atoms with E-state index in [1.165, 1.54) is 12.6 Å². The van der Waals surface area contributed by atoms with Crippen LogP contribution in [0.2, 0.25) is 0 Å². The van der Waals surface area contributed by atoms with E-state index < -0.39 is 0 Å². The molecule has 0 spiro atoms. The fraction of sp³-hybridized carbons (Fsp3) is 0.667. The van der Waals surface area contributed by atoms with Crippen molar-refractivity contribution in [3.05, 3.63) is 0 Å². The van der Waals surface area contributed by atoms with Crippen molar-refractivity contribution in [2.75, 3.05) is 13.7 Å². The molecule has 5 heteroatoms. The van der Waals surface area contributed by atoms with Crippen molar-refractivity contribution < 1.29 is 4.79 Å². The van der Waals surface area contributed by atoms with Gasteiger partial charge in [-0.3, -0.25) is 15.1 Å². The molecule has 0 aliphatic heterocycles. The number of carbonyl (C=O) groups excluding carboxylic acids is 1. The zero-order chi connectivity index (χ0) is 10.8. The molecule has 5 nitrogen and oxygen atoms in total. The predicted octanol–water partition coefficient (Wildman–Crippen LogP) is 0.177. The highest BCUT2D eigenvalue weighted by Gasteiger charge is 1.92. The first-order valence-corrected chi connectivity index (χ1v) is 4.67. The maximum Gasteiger partial charge on any atom is 0.262 e. The number of nitrogens with zero attached hydrogens (tertiary/aromatic N) is 2. The largest absolute Gasteiger partial charge is 0.354 e. The summed E-state index contributed by atoms with van der Waals surface area (Å²) in [5.41, 5.74) is 0. The summed E-state index contributed by atoms with van der Waals surface area (Å²) in [5.74, 6) is -0.230. The Bertz CT molecular complexity index is 213. The van der Waals surface area contributed by atoms with E-state index in [0.29, 0.717) is 12.7 Å². The molecule has 1 atom stereocenters. The van der Waals surface area contributed by atoms with E-state index in [-0.39, 0.29) is 5.91 Å². The van der Waals surface area contributed by atoms with Crippen LogP contribution in [0.3, 0.4) is 0 Å². The van der Waals surface area contributed by atoms with E-state index >= 15 is 0 Å². The van der Waals surface area contributed by atoms with Crippen molar-refractivity contribution in [1.29, 1.82) is 0 Å². The molecule has 0 aromatic rings. The summed E-state index contributed by atoms with van der Waals surface area (Å²) in [6.45, 7) is 4.72. The van der Waals surface area contributed by atoms with Gasteiger partial charge in [-0.05, 0) is 13.3 Å². The number of hydrogen-bond donors (Lipinski definition) is 2. The van der Waals surface area contributed by atoms with Crippen LogP contribution in [0.4, 0.5) is 0 Å². The molecular formula is C9H18N4O. The average molecular weight is 198 g/mol. The minimum atomic E-state index is -0.230. The van der Waals surface area contributed by atoms with Crippen molar-refractivity contribution >= 4 is 18.5 Å². The lowest BCUT2D eigenvalue weighted by atomic mass is 10.3. The second-order valence-corrected chi connectivity index (χ2v) is 2.86. The molecule has 0 saturated carbocycles. The van der Waals surface area contributed by atoms with Crippen LogP contribution in [0.1, 0.15) is 20.3 Å². The van der Waals surface area contributed by atoms with Gasteiger partial charge in [-0.1, -0.05) is 6.92 Å². The Hall–Kier alpha value is -1.23. The van der Waals surface area contributed by atoms with E-state index in [4.69, 9.17) is 0 Å². The normalized spacial score (nSPS) is 13.6. The minimum absolute atomic E-state index is 0.230. The van der Waals surface area contributed by atoms with Gasteiger partial charge in [-0.25, -0.2) is 4.99 Å². The number of hydrogen-bond acceptors (Lipinski definition) is 3. The topological polar surface area (TPSA) is 65.8 Å². The van der Waals surface area contributed by atoms with Gasteiger partial charge < -0.3 is 5.32 Å². The van der Waals surface area contributed by atoms with Gasteiger partial charge in [-0.2, -0.15) is 0 Å². The second-order valence-electron chi connectivity index (χ2n) is 2.86. The molecule has 0 aromatic carbocycles. The van der Waals surface area contributed by atoms with Gasteiger partial charge >= 0.3 is 0 Å². The number of carbonyl (C=O) groups is 1. The maximum atomic E-state index is 10.7. The lowest BCUT2D eigenvalue weighted by molar-refractivity contribution is -0.113. The summed E-state index contributed by atoms with van der Waals surface area (Å²) >= 11 is 0. The van der Waals surface area contributed by atoms with Crippen LogP contribution < -0.4 is 10.6 Å². The van der Waals surface area contributed by atoms with E-state index in [2.05, 4.69) is 34.5 Å². The van der Waals surface area contributed by atoms with Crippen LogP contribution in [0, 0.1) is 0 Å². The second kappa shape index (κ2) is 8.37. The number of nitrogens with one attached hydrogen (secondary N) is 2. The van der Waals surface area contributed by atoms with E-state index in [1.807, 2.05) is 0 Å². The molecule has 1 amide bonds. The Morgan fingerprint density at radius 1 is 1.57 bits per heavy atom. The molecule has 1 unspecified atom stereocenters. The lowest BCUT2D eigenvalue weighted by Gasteiger charge is -2.06. The quantitative estimate of drug-likeness (QED) is 0.472. The molecular weight excluding hydrogens is 180 g/mol. The van der Waals surface area contributed by atoms with Crippen LogP contribution in [-0.4, -0.2) is 38.2 Å². The minimum Gasteiger partial charge on any atom is -0.354 e. The Kier molecular flexibility index (Phi) is 7.64. The van der Waals surface area contributed by atoms with Gasteiger partial charge in [-0.15, -0.1) is 0 Å². The van der Waals surface area contributed by atoms with Gasteiger partial charge in [0.25, 0.3) is 5.91 Å². The van der Waals surface area contributed by atoms with Crippen LogP contribution in [0.5, 0.6) is 0 Å². The Labute approximate surface area is 84.7 Å². The van der Waals surface area contributed by atoms with Crippen molar-refractivity contribution in [3.63, 3.8) is 0 Å². The summed E-state index contributed by atoms with van der Waals surface area (Å²) in [6, 6.07) is 0.454. The third-order valence-electron chi connectivity index (χ3n) is 1.73. The first-order valence-electron chi connectivity index (χ1n) is 4.67. The Morgan fingerprint density at radius 2 is 2.29 bits per heavy atom. The van der Waals surface area contributed by atoms with Crippen LogP contribution in [0.15, 0.2) is 9.98 Å². The smallest absolute Gasteiger partial charge is 0.262 e. The van der Waals surface area contributed by atoms with Gasteiger partial charge in [0.1, 0.15) is 6.34 Å². The molecule has 0 rings (SSSR count). The highest BCUT2D eigenvalue weighted by molar-refractivity contribution is 6.27. The molecule has 0 aliphatic rings. The highest BCUT2D eigenvalue weighted by Crippen LogP contribution is 1.85. The number of amides is 1. The molecule has 0 fully saturated rings. The maximum absolute atomic E-state index is 10.7. The molecule has 0 aliphatic carbocycles. The number of aliphatic imine (C=N–C) groups is 2. The summed E-state index contributed by atoms with van der Waals surface area (Å²) < 4.78 is 0. The molecule has 80 valence electrons. The molecule has 0 aromatic heterocycles. The summed E-state index contributed by atoms with van der Waals surface area (Å²) in [6.07, 6.45) is 3.62. The van der Waals surface area contributed by atoms with Crippen molar-refractivity contribution in [3.8, 4) is 0 Å². The van der Waals surface area contributed by atoms with Crippen molar-refractivity contribution in [1.82, 2.24) is 10.6 Å². The predicted molar refractivity (Wildman–Crippen MR) is 58.8 cm³/mol. The summed E-state index contributed by atoms with van der Waals surface area (Å²) in [5, 5.41) is 5.58. The monoisotopic (exact) mass is 198 g/mol. The lowest BCUT2D eigenvalue weighted by Crippen LogP contribution is -2.25. The molecule has 0 bridgehead atoms. The third kappa shape index (κ3) is 7.42. The van der Waals surface area contributed by atoms with Crippen LogP contribution in [-0.2, 0) is 4.79 Å². The Balaban J connectivity index is 3.54. The average Bonchev–Trinajstić information content (AvgIpc) is 2.22. The van der Waals surface area contributed by atoms with Gasteiger partial charge in [0.2, 0.25) is 0 Å². The number of rotatable bonds is 6. The first kappa shape index (κ1) is 12.8. The van der Waals surface area contributed by atoms with Crippen molar-refractivity contribution in [2.45, 2.75) is 26.3 Å². The van der Waals surface area contributed by atoms with Crippen molar-refractivity contribution in [2.24, 2.45) is 9.98 Å². The fourth-order valence-corrected chi connectivity index (χ4v) is 0.606. The van der Waals surface area contributed by atoms with E-state index in [0.717, 1.165) is 6.42 Å². The Morgan fingerprint density at radius 3 is 2.86 bits per heavy atom. The van der Waals surface area contributed by atoms with Gasteiger partial charge in [0.05, 0.1) is 12.9 Å². The SMILES string of the molecule is CCC(C)NCN=CN=CC(=O)NC. The van der Waals surface area contributed by atoms with E-state index in [9.17, 15) is 4.79 Å². The molecule has 0 heterocycles. The van der Waals surface area contributed by atoms with Crippen LogP contribution >= 0.6 is 0 Å². The van der Waals surface area contributed by atoms with Gasteiger partial charge in [0.15, 0.2) is 0 Å². The standard InChI is InChI=1S/C9H18N4O/c1-4-8(2)13-7-12-6-11-5-9(14)10-3/h5-6,8,13H,4,7H2,1-3H3,(H,10,14). The summed E-state index contributed by atoms with van der Waals surface area (Å²) in [7, 11) is 1.55. The van der Waals surface area contributed by atoms with E-state index in [1.54, 1.807) is 7.05 Å². The third-order valence-corrected chi connectivity index (χ3v) is 1.73. The molecule has 0 saturated heterocycles. The molecule has 2 N–H and O–H groups in total. The molecule has 0 radical (unpaired) electrons. The van der Waals surface area contributed by atoms with Crippen LogP contribution in [0.25, 0.3) is 0 Å². The fourth-order valence-electron chi connectivity index (χ4n) is 0.606. The van der Waals surface area contributed by atoms with Gasteiger partial charge in [0, 0.05) is 13.1 Å². The molecule has 14 heavy (non-hydrogen) atoms. The zero-order valence-corrected chi connectivity index (χ0v) is 8.95. The zero-order valence-electron chi connectivity index (χ0n) is 8.95. The summed E-state index contributed by atoms with van der Waals surface area (Å²) in [4.78, 5) is 18.3. The highest BCUT2D eigenvalue weighted by atomic mass is 16.1. The first-order chi connectivity index (χ1) is 6.70.